The first-order valence-corrected chi connectivity index (χ1v) is 6.04. The van der Waals surface area contributed by atoms with E-state index in [4.69, 9.17) is 14.3 Å². The van der Waals surface area contributed by atoms with Gasteiger partial charge in [-0.25, -0.2) is 0 Å². The van der Waals surface area contributed by atoms with Gasteiger partial charge in [0.05, 0.1) is 26.2 Å². The molecule has 1 N–H and O–H groups in total. The minimum atomic E-state index is -0.824. The Morgan fingerprint density at radius 2 is 2.28 bits per heavy atom. The summed E-state index contributed by atoms with van der Waals surface area (Å²) in [5.41, 5.74) is 0. The topological polar surface area (TPSA) is 88.7 Å². The molecule has 0 amide bonds. The lowest BCUT2D eigenvalue weighted by Crippen LogP contribution is -2.45. The van der Waals surface area contributed by atoms with E-state index in [1.807, 2.05) is 11.8 Å². The summed E-state index contributed by atoms with van der Waals surface area (Å²) < 4.78 is 10.7. The summed E-state index contributed by atoms with van der Waals surface area (Å²) in [6.45, 7) is 4.14. The highest BCUT2D eigenvalue weighted by Gasteiger charge is 2.26. The number of carboxylic acids is 1. The maximum Gasteiger partial charge on any atom is 0.305 e. The van der Waals surface area contributed by atoms with Crippen molar-refractivity contribution in [3.05, 3.63) is 11.8 Å². The molecular weight excluding hydrogens is 238 g/mol. The SMILES string of the molecule is CCc1nnc(CN2CCOCC2CC(=O)O)o1. The van der Waals surface area contributed by atoms with Crippen LogP contribution in [0.2, 0.25) is 0 Å². The van der Waals surface area contributed by atoms with E-state index in [1.165, 1.54) is 0 Å². The molecule has 18 heavy (non-hydrogen) atoms. The van der Waals surface area contributed by atoms with Crippen LogP contribution in [0.3, 0.4) is 0 Å². The third kappa shape index (κ3) is 3.27. The average molecular weight is 255 g/mol. The van der Waals surface area contributed by atoms with Crippen LogP contribution in [0.5, 0.6) is 0 Å². The highest BCUT2D eigenvalue weighted by molar-refractivity contribution is 5.67. The van der Waals surface area contributed by atoms with Crippen molar-refractivity contribution >= 4 is 5.97 Å². The Morgan fingerprint density at radius 1 is 1.50 bits per heavy atom. The number of carboxylic acid groups (broad SMARTS) is 1. The summed E-state index contributed by atoms with van der Waals surface area (Å²) in [5.74, 6) is 0.312. The summed E-state index contributed by atoms with van der Waals surface area (Å²) in [5, 5.41) is 16.7. The molecule has 1 aliphatic heterocycles. The van der Waals surface area contributed by atoms with E-state index < -0.39 is 5.97 Å². The number of aromatic nitrogens is 2. The molecule has 0 saturated carbocycles. The van der Waals surface area contributed by atoms with Crippen molar-refractivity contribution in [1.82, 2.24) is 15.1 Å². The molecule has 1 aromatic rings. The summed E-state index contributed by atoms with van der Waals surface area (Å²) >= 11 is 0. The van der Waals surface area contributed by atoms with Crippen molar-refractivity contribution in [3.63, 3.8) is 0 Å². The average Bonchev–Trinajstić information content (AvgIpc) is 2.79. The zero-order valence-corrected chi connectivity index (χ0v) is 10.3. The molecule has 1 fully saturated rings. The maximum absolute atomic E-state index is 10.8. The zero-order valence-electron chi connectivity index (χ0n) is 10.3. The number of carbonyl (C=O) groups is 1. The van der Waals surface area contributed by atoms with Crippen LogP contribution in [0.1, 0.15) is 25.1 Å². The molecule has 2 rings (SSSR count). The predicted octanol–water partition coefficient (Wildman–Crippen LogP) is 0.307. The van der Waals surface area contributed by atoms with Gasteiger partial charge in [0.1, 0.15) is 0 Å². The van der Waals surface area contributed by atoms with Crippen molar-refractivity contribution in [2.75, 3.05) is 19.8 Å². The van der Waals surface area contributed by atoms with Crippen LogP contribution in [0.15, 0.2) is 4.42 Å². The van der Waals surface area contributed by atoms with E-state index in [1.54, 1.807) is 0 Å². The van der Waals surface area contributed by atoms with E-state index >= 15 is 0 Å². The zero-order chi connectivity index (χ0) is 13.0. The van der Waals surface area contributed by atoms with Crippen LogP contribution in [-0.4, -0.2) is 52.0 Å². The lowest BCUT2D eigenvalue weighted by Gasteiger charge is -2.33. The van der Waals surface area contributed by atoms with Gasteiger partial charge in [-0.1, -0.05) is 6.92 Å². The summed E-state index contributed by atoms with van der Waals surface area (Å²) in [6, 6.07) is -0.131. The van der Waals surface area contributed by atoms with Crippen molar-refractivity contribution in [2.45, 2.75) is 32.4 Å². The normalized spacial score (nSPS) is 21.1. The molecular formula is C11H17N3O4. The van der Waals surface area contributed by atoms with E-state index in [2.05, 4.69) is 10.2 Å². The Morgan fingerprint density at radius 3 is 2.94 bits per heavy atom. The summed E-state index contributed by atoms with van der Waals surface area (Å²) in [7, 11) is 0. The first-order chi connectivity index (χ1) is 8.69. The second-order valence-electron chi connectivity index (χ2n) is 4.24. The molecule has 1 atom stereocenters. The Labute approximate surface area is 105 Å². The van der Waals surface area contributed by atoms with Crippen LogP contribution >= 0.6 is 0 Å². The Kier molecular flexibility index (Phi) is 4.27. The minimum Gasteiger partial charge on any atom is -0.481 e. The van der Waals surface area contributed by atoms with Gasteiger partial charge in [-0.2, -0.15) is 0 Å². The third-order valence-electron chi connectivity index (χ3n) is 2.91. The second kappa shape index (κ2) is 5.92. The molecule has 0 spiro atoms. The van der Waals surface area contributed by atoms with Gasteiger partial charge in [-0.3, -0.25) is 9.69 Å². The number of nitrogens with zero attached hydrogens (tertiary/aromatic N) is 3. The minimum absolute atomic E-state index is 0.0643. The number of hydrogen-bond donors (Lipinski definition) is 1. The van der Waals surface area contributed by atoms with Gasteiger partial charge in [0.25, 0.3) is 0 Å². The molecule has 0 bridgehead atoms. The van der Waals surface area contributed by atoms with E-state index in [9.17, 15) is 4.79 Å². The van der Waals surface area contributed by atoms with Crippen molar-refractivity contribution in [1.29, 1.82) is 0 Å². The molecule has 1 unspecified atom stereocenters. The van der Waals surface area contributed by atoms with Crippen molar-refractivity contribution in [2.24, 2.45) is 0 Å². The van der Waals surface area contributed by atoms with E-state index in [0.29, 0.717) is 44.5 Å². The highest BCUT2D eigenvalue weighted by Crippen LogP contribution is 2.14. The first-order valence-electron chi connectivity index (χ1n) is 6.04. The Balaban J connectivity index is 1.98. The molecule has 0 aromatic carbocycles. The number of morpholine rings is 1. The predicted molar refractivity (Wildman–Crippen MR) is 60.9 cm³/mol. The van der Waals surface area contributed by atoms with Gasteiger partial charge in [-0.15, -0.1) is 10.2 Å². The lowest BCUT2D eigenvalue weighted by atomic mass is 10.1. The Hall–Kier alpha value is -1.47. The van der Waals surface area contributed by atoms with Crippen molar-refractivity contribution < 1.29 is 19.1 Å². The van der Waals surface area contributed by atoms with Crippen LogP contribution in [0.4, 0.5) is 0 Å². The molecule has 7 nitrogen and oxygen atoms in total. The monoisotopic (exact) mass is 255 g/mol. The van der Waals surface area contributed by atoms with Gasteiger partial charge in [0.2, 0.25) is 11.8 Å². The molecule has 0 radical (unpaired) electrons. The van der Waals surface area contributed by atoms with Crippen LogP contribution in [0.25, 0.3) is 0 Å². The highest BCUT2D eigenvalue weighted by atomic mass is 16.5. The molecule has 1 saturated heterocycles. The van der Waals surface area contributed by atoms with Gasteiger partial charge < -0.3 is 14.3 Å². The first kappa shape index (κ1) is 13.0. The number of aryl methyl sites for hydroxylation is 1. The molecule has 100 valence electrons. The maximum atomic E-state index is 10.8. The number of rotatable bonds is 5. The molecule has 0 aliphatic carbocycles. The van der Waals surface area contributed by atoms with Gasteiger partial charge >= 0.3 is 5.97 Å². The van der Waals surface area contributed by atoms with E-state index in [0.717, 1.165) is 0 Å². The number of aliphatic carboxylic acids is 1. The molecule has 7 heteroatoms. The lowest BCUT2D eigenvalue weighted by molar-refractivity contribution is -0.140. The standard InChI is InChI=1S/C11H17N3O4/c1-2-9-12-13-10(18-9)6-14-3-4-17-7-8(14)5-11(15)16/h8H,2-7H2,1H3,(H,15,16). The summed E-state index contributed by atoms with van der Waals surface area (Å²) in [4.78, 5) is 12.8. The van der Waals surface area contributed by atoms with Gasteiger partial charge in [-0.05, 0) is 0 Å². The third-order valence-corrected chi connectivity index (χ3v) is 2.91. The fourth-order valence-corrected chi connectivity index (χ4v) is 1.96. The molecule has 1 aliphatic rings. The quantitative estimate of drug-likeness (QED) is 0.809. The molecule has 2 heterocycles. The smallest absolute Gasteiger partial charge is 0.305 e. The fraction of sp³-hybridized carbons (Fsp3) is 0.727. The molecule has 1 aromatic heterocycles. The number of ether oxygens (including phenoxy) is 1. The van der Waals surface area contributed by atoms with Crippen molar-refractivity contribution in [3.8, 4) is 0 Å². The number of hydrogen-bond acceptors (Lipinski definition) is 6. The van der Waals surface area contributed by atoms with Crippen LogP contribution < -0.4 is 0 Å². The van der Waals surface area contributed by atoms with Crippen LogP contribution in [-0.2, 0) is 22.5 Å². The summed E-state index contributed by atoms with van der Waals surface area (Å²) in [6.07, 6.45) is 0.767. The van der Waals surface area contributed by atoms with E-state index in [-0.39, 0.29) is 12.5 Å². The Bertz CT molecular complexity index is 407. The van der Waals surface area contributed by atoms with Crippen LogP contribution in [0, 0.1) is 0 Å². The largest absolute Gasteiger partial charge is 0.481 e. The van der Waals surface area contributed by atoms with Gasteiger partial charge in [0.15, 0.2) is 0 Å². The second-order valence-corrected chi connectivity index (χ2v) is 4.24. The van der Waals surface area contributed by atoms with Gasteiger partial charge in [0, 0.05) is 19.0 Å². The fourth-order valence-electron chi connectivity index (χ4n) is 1.96.